The van der Waals surface area contributed by atoms with Crippen LogP contribution in [0.1, 0.15) is 40.9 Å². The number of hydrogen-bond acceptors (Lipinski definition) is 3. The first-order valence-electron chi connectivity index (χ1n) is 6.09. The van der Waals surface area contributed by atoms with Gasteiger partial charge in [0, 0.05) is 17.3 Å². The van der Waals surface area contributed by atoms with Crippen LogP contribution in [0.4, 0.5) is 0 Å². The number of rotatable bonds is 3. The topological polar surface area (TPSA) is 63.6 Å². The van der Waals surface area contributed by atoms with Crippen LogP contribution in [0.25, 0.3) is 0 Å². The fourth-order valence-electron chi connectivity index (χ4n) is 2.41. The zero-order chi connectivity index (χ0) is 14.0. The average Bonchev–Trinajstić information content (AvgIpc) is 2.39. The Kier molecular flexibility index (Phi) is 4.54. The van der Waals surface area contributed by atoms with Crippen LogP contribution in [-0.4, -0.2) is 27.6 Å². The van der Waals surface area contributed by atoms with Gasteiger partial charge in [-0.1, -0.05) is 15.5 Å². The van der Waals surface area contributed by atoms with Crippen LogP contribution in [0, 0.1) is 6.92 Å². The van der Waals surface area contributed by atoms with Gasteiger partial charge in [-0.05, 0) is 37.5 Å². The first kappa shape index (κ1) is 14.4. The Morgan fingerprint density at radius 1 is 1.58 bits per heavy atom. The highest BCUT2D eigenvalue weighted by Crippen LogP contribution is 2.36. The van der Waals surface area contributed by atoms with E-state index in [-0.39, 0.29) is 11.7 Å². The van der Waals surface area contributed by atoms with Crippen LogP contribution in [0.2, 0.25) is 0 Å². The summed E-state index contributed by atoms with van der Waals surface area (Å²) in [5.41, 5.74) is 1.98. The van der Waals surface area contributed by atoms with Crippen molar-refractivity contribution >= 4 is 25.6 Å². The van der Waals surface area contributed by atoms with Crippen LogP contribution >= 0.6 is 0 Å². The predicted octanol–water partition coefficient (Wildman–Crippen LogP) is 2.28. The molecular formula is C13H16O4S2. The van der Waals surface area contributed by atoms with Crippen molar-refractivity contribution in [3.05, 3.63) is 28.8 Å². The number of benzene rings is 1. The molecule has 0 spiro atoms. The van der Waals surface area contributed by atoms with Gasteiger partial charge in [0.05, 0.1) is 11.7 Å². The summed E-state index contributed by atoms with van der Waals surface area (Å²) in [5, 5.41) is 9.18. The van der Waals surface area contributed by atoms with E-state index in [0.717, 1.165) is 22.6 Å². The summed E-state index contributed by atoms with van der Waals surface area (Å²) < 4.78 is 17.0. The van der Waals surface area contributed by atoms with Gasteiger partial charge in [-0.25, -0.2) is 9.00 Å². The van der Waals surface area contributed by atoms with Gasteiger partial charge in [0.15, 0.2) is 0 Å². The molecule has 1 aliphatic heterocycles. The third-order valence-corrected chi connectivity index (χ3v) is 6.52. The second-order valence-electron chi connectivity index (χ2n) is 4.31. The molecule has 0 aromatic heterocycles. The Labute approximate surface area is 117 Å². The van der Waals surface area contributed by atoms with Crippen molar-refractivity contribution in [1.29, 1.82) is 0 Å². The Bertz CT molecular complexity index is 576. The molecule has 0 saturated carbocycles. The predicted molar refractivity (Wildman–Crippen MR) is 75.8 cm³/mol. The van der Waals surface area contributed by atoms with Crippen molar-refractivity contribution in [2.45, 2.75) is 31.3 Å². The van der Waals surface area contributed by atoms with Crippen molar-refractivity contribution in [2.75, 3.05) is 12.4 Å². The lowest BCUT2D eigenvalue weighted by Gasteiger charge is -2.28. The smallest absolute Gasteiger partial charge is 0.335 e. The zero-order valence-corrected chi connectivity index (χ0v) is 12.5. The molecule has 2 unspecified atom stereocenters. The fraction of sp³-hybridized carbons (Fsp3) is 0.462. The molecule has 2 atom stereocenters. The summed E-state index contributed by atoms with van der Waals surface area (Å²) >= 11 is 0. The summed E-state index contributed by atoms with van der Waals surface area (Å²) in [7, 11) is 0.101. The Morgan fingerprint density at radius 3 is 2.89 bits per heavy atom. The van der Waals surface area contributed by atoms with Crippen molar-refractivity contribution in [3.8, 4) is 0 Å². The molecule has 19 heavy (non-hydrogen) atoms. The second-order valence-corrected chi connectivity index (χ2v) is 7.57. The Hall–Kier alpha value is -0.980. The fourth-order valence-corrected chi connectivity index (χ4v) is 5.46. The summed E-state index contributed by atoms with van der Waals surface area (Å²) in [6, 6.07) is 3.42. The normalized spacial score (nSPS) is 21.8. The first-order chi connectivity index (χ1) is 9.10. The number of carbonyl (C=O) groups is 1. The number of hydrogen-bond donors (Lipinski definition) is 1. The van der Waals surface area contributed by atoms with Gasteiger partial charge >= 0.3 is 5.97 Å². The minimum Gasteiger partial charge on any atom is -0.478 e. The van der Waals surface area contributed by atoms with Crippen molar-refractivity contribution in [3.63, 3.8) is 0 Å². The summed E-state index contributed by atoms with van der Waals surface area (Å²) in [6.07, 6.45) is 0.808. The lowest BCUT2D eigenvalue weighted by molar-refractivity contribution is 0.0571. The molecule has 1 aliphatic rings. The first-order valence-corrected chi connectivity index (χ1v) is 8.75. The van der Waals surface area contributed by atoms with Crippen LogP contribution in [0.3, 0.4) is 0 Å². The molecular weight excluding hydrogens is 284 g/mol. The molecule has 0 aliphatic carbocycles. The summed E-state index contributed by atoms with van der Waals surface area (Å²) in [4.78, 5) is 12.1. The lowest BCUT2D eigenvalue weighted by atomic mass is 9.99. The van der Waals surface area contributed by atoms with Crippen molar-refractivity contribution < 1.29 is 18.8 Å². The molecule has 6 heteroatoms. The minimum atomic E-state index is -0.946. The maximum Gasteiger partial charge on any atom is 0.335 e. The van der Waals surface area contributed by atoms with Crippen LogP contribution in [-0.2, 0) is 24.4 Å². The molecule has 0 radical (unpaired) electrons. The van der Waals surface area contributed by atoms with Crippen LogP contribution in [0.15, 0.2) is 17.0 Å². The minimum absolute atomic E-state index is 0.0163. The van der Waals surface area contributed by atoms with Gasteiger partial charge in [-0.15, -0.1) is 0 Å². The number of fused-ring (bicyclic) bond motifs is 1. The van der Waals surface area contributed by atoms with E-state index < -0.39 is 15.4 Å². The van der Waals surface area contributed by atoms with E-state index in [1.165, 1.54) is 0 Å². The number of ether oxygens (including phenoxy) is 1. The highest BCUT2D eigenvalue weighted by molar-refractivity contribution is 8.31. The third-order valence-electron chi connectivity index (χ3n) is 3.26. The Balaban J connectivity index is 2.64. The molecule has 4 nitrogen and oxygen atoms in total. The maximum absolute atomic E-state index is 11.3. The molecule has 1 aromatic rings. The number of aromatic carboxylic acids is 1. The van der Waals surface area contributed by atoms with E-state index in [9.17, 15) is 14.1 Å². The standard InChI is InChI=1S/C13H16O4S2/c1-3-17-11-6-7-19(18-16)12-8(2)9(13(14)15)4-5-10(11)12/h4-5,11H,3,6-7H2,1-2H3,(H,14,15). The maximum atomic E-state index is 11.3. The van der Waals surface area contributed by atoms with Gasteiger partial charge < -0.3 is 9.84 Å². The third kappa shape index (κ3) is 2.66. The average molecular weight is 300 g/mol. The number of carboxylic acid groups (broad SMARTS) is 1. The van der Waals surface area contributed by atoms with E-state index in [1.807, 2.05) is 13.0 Å². The van der Waals surface area contributed by atoms with E-state index in [2.05, 4.69) is 0 Å². The van der Waals surface area contributed by atoms with Crippen LogP contribution in [0.5, 0.6) is 0 Å². The van der Waals surface area contributed by atoms with E-state index in [0.29, 0.717) is 22.4 Å². The van der Waals surface area contributed by atoms with Gasteiger partial charge in [-0.2, -0.15) is 0 Å². The Morgan fingerprint density at radius 2 is 2.32 bits per heavy atom. The largest absolute Gasteiger partial charge is 0.478 e. The lowest BCUT2D eigenvalue weighted by Crippen LogP contribution is -2.20. The molecule has 0 fully saturated rings. The van der Waals surface area contributed by atoms with E-state index >= 15 is 0 Å². The van der Waals surface area contributed by atoms with Crippen LogP contribution < -0.4 is 0 Å². The van der Waals surface area contributed by atoms with Gasteiger partial charge in [0.2, 0.25) is 0 Å². The summed E-state index contributed by atoms with van der Waals surface area (Å²) in [6.45, 7) is 4.34. The molecule has 0 amide bonds. The summed E-state index contributed by atoms with van der Waals surface area (Å²) in [5.74, 6) is -0.186. The van der Waals surface area contributed by atoms with Crippen molar-refractivity contribution in [2.24, 2.45) is 0 Å². The molecule has 0 saturated heterocycles. The zero-order valence-electron chi connectivity index (χ0n) is 10.8. The molecule has 1 aromatic carbocycles. The van der Waals surface area contributed by atoms with Gasteiger partial charge in [0.25, 0.3) is 0 Å². The quantitative estimate of drug-likeness (QED) is 0.930. The number of carboxylic acids is 1. The van der Waals surface area contributed by atoms with Gasteiger partial charge in [-0.3, -0.25) is 0 Å². The molecule has 104 valence electrons. The SMILES string of the molecule is CCOC1CCS(=S=O)c2c1ccc(C(=O)O)c2C. The monoisotopic (exact) mass is 300 g/mol. The highest BCUT2D eigenvalue weighted by Gasteiger charge is 2.27. The van der Waals surface area contributed by atoms with Gasteiger partial charge in [0.1, 0.15) is 10.2 Å². The molecule has 2 rings (SSSR count). The van der Waals surface area contributed by atoms with Crippen molar-refractivity contribution in [1.82, 2.24) is 0 Å². The molecule has 0 bridgehead atoms. The van der Waals surface area contributed by atoms with E-state index in [4.69, 9.17) is 4.74 Å². The second kappa shape index (κ2) is 5.98. The molecule has 1 heterocycles. The van der Waals surface area contributed by atoms with E-state index in [1.54, 1.807) is 13.0 Å². The highest BCUT2D eigenvalue weighted by atomic mass is 32.8. The molecule has 1 N–H and O–H groups in total.